The molecule has 0 aliphatic rings. The quantitative estimate of drug-likeness (QED) is 0.829. The topological polar surface area (TPSA) is 51.8 Å². The van der Waals surface area contributed by atoms with E-state index in [-0.39, 0.29) is 18.1 Å². The number of aromatic nitrogens is 2. The molecule has 84 valence electrons. The zero-order valence-corrected chi connectivity index (χ0v) is 8.52. The van der Waals surface area contributed by atoms with Crippen LogP contribution in [0.4, 0.5) is 19.0 Å². The number of alkyl halides is 3. The summed E-state index contributed by atoms with van der Waals surface area (Å²) < 4.78 is 35.8. The number of nitrogen functional groups attached to an aromatic ring is 1. The minimum Gasteiger partial charge on any atom is -0.383 e. The van der Waals surface area contributed by atoms with Crippen LogP contribution in [0.15, 0.2) is 0 Å². The molecule has 1 rings (SSSR count). The van der Waals surface area contributed by atoms with Crippen molar-refractivity contribution in [2.75, 3.05) is 5.73 Å². The zero-order valence-electron chi connectivity index (χ0n) is 8.52. The van der Waals surface area contributed by atoms with E-state index in [1.807, 2.05) is 0 Å². The van der Waals surface area contributed by atoms with E-state index < -0.39 is 12.6 Å². The third-order valence-electron chi connectivity index (χ3n) is 2.11. The summed E-state index contributed by atoms with van der Waals surface area (Å²) in [7, 11) is 0. The number of hydrogen-bond donors (Lipinski definition) is 1. The lowest BCUT2D eigenvalue weighted by Crippen LogP contribution is -2.12. The smallest absolute Gasteiger partial charge is 0.383 e. The van der Waals surface area contributed by atoms with Crippen LogP contribution in [-0.4, -0.2) is 16.1 Å². The first-order valence-corrected chi connectivity index (χ1v) is 4.46. The monoisotopic (exact) mass is 219 g/mol. The summed E-state index contributed by atoms with van der Waals surface area (Å²) >= 11 is 0. The summed E-state index contributed by atoms with van der Waals surface area (Å²) in [6, 6.07) is 0. The molecule has 0 bridgehead atoms. The molecule has 0 fully saturated rings. The third kappa shape index (κ3) is 3.38. The summed E-state index contributed by atoms with van der Waals surface area (Å²) in [6.07, 6.45) is -5.33. The van der Waals surface area contributed by atoms with E-state index >= 15 is 0 Å². The van der Waals surface area contributed by atoms with Gasteiger partial charge in [0.05, 0.1) is 6.42 Å². The maximum atomic E-state index is 11.9. The normalized spacial score (nSPS) is 11.8. The van der Waals surface area contributed by atoms with E-state index in [2.05, 4.69) is 9.97 Å². The van der Waals surface area contributed by atoms with Gasteiger partial charge in [0.1, 0.15) is 11.6 Å². The highest BCUT2D eigenvalue weighted by atomic mass is 19.4. The van der Waals surface area contributed by atoms with E-state index in [1.165, 1.54) is 0 Å². The molecule has 3 nitrogen and oxygen atoms in total. The molecule has 1 aromatic heterocycles. The van der Waals surface area contributed by atoms with Crippen molar-refractivity contribution in [3.05, 3.63) is 17.1 Å². The van der Waals surface area contributed by atoms with Gasteiger partial charge < -0.3 is 5.73 Å². The standard InChI is InChI=1S/C9H12F3N3/c1-5-6(2)14-7(15-8(5)13)3-4-9(10,11)12/h3-4H2,1-2H3,(H2,13,14,15). The van der Waals surface area contributed by atoms with Gasteiger partial charge in [0.2, 0.25) is 0 Å². The molecule has 0 radical (unpaired) electrons. The Morgan fingerprint density at radius 2 is 1.80 bits per heavy atom. The zero-order chi connectivity index (χ0) is 11.6. The maximum absolute atomic E-state index is 11.9. The molecule has 6 heteroatoms. The second kappa shape index (κ2) is 4.04. The summed E-state index contributed by atoms with van der Waals surface area (Å²) in [5.41, 5.74) is 6.87. The molecule has 0 aromatic carbocycles. The van der Waals surface area contributed by atoms with Crippen LogP contribution in [0.25, 0.3) is 0 Å². The molecule has 0 aliphatic heterocycles. The van der Waals surface area contributed by atoms with Crippen molar-refractivity contribution in [1.29, 1.82) is 0 Å². The Balaban J connectivity index is 2.80. The summed E-state index contributed by atoms with van der Waals surface area (Å²) in [6.45, 7) is 3.43. The van der Waals surface area contributed by atoms with Crippen LogP contribution in [0.2, 0.25) is 0 Å². The Kier molecular flexibility index (Phi) is 3.16. The predicted molar refractivity (Wildman–Crippen MR) is 50.3 cm³/mol. The average Bonchev–Trinajstić information content (AvgIpc) is 2.09. The van der Waals surface area contributed by atoms with Crippen molar-refractivity contribution in [3.63, 3.8) is 0 Å². The fourth-order valence-corrected chi connectivity index (χ4v) is 1.08. The highest BCUT2D eigenvalue weighted by Gasteiger charge is 2.27. The van der Waals surface area contributed by atoms with Crippen LogP contribution >= 0.6 is 0 Å². The molecule has 1 aromatic rings. The minimum atomic E-state index is -4.18. The highest BCUT2D eigenvalue weighted by molar-refractivity contribution is 5.40. The number of aryl methyl sites for hydroxylation is 2. The number of hydrogen-bond acceptors (Lipinski definition) is 3. The van der Waals surface area contributed by atoms with Gasteiger partial charge in [-0.15, -0.1) is 0 Å². The first kappa shape index (κ1) is 11.7. The fourth-order valence-electron chi connectivity index (χ4n) is 1.08. The van der Waals surface area contributed by atoms with Crippen LogP contribution in [0.5, 0.6) is 0 Å². The predicted octanol–water partition coefficient (Wildman–Crippen LogP) is 2.17. The Labute approximate surface area is 85.5 Å². The van der Waals surface area contributed by atoms with Crippen LogP contribution < -0.4 is 5.73 Å². The van der Waals surface area contributed by atoms with E-state index in [0.29, 0.717) is 11.3 Å². The van der Waals surface area contributed by atoms with Gasteiger partial charge in [-0.2, -0.15) is 13.2 Å². The number of halogens is 3. The van der Waals surface area contributed by atoms with Gasteiger partial charge in [-0.3, -0.25) is 0 Å². The van der Waals surface area contributed by atoms with E-state index in [1.54, 1.807) is 13.8 Å². The van der Waals surface area contributed by atoms with Gasteiger partial charge in [-0.25, -0.2) is 9.97 Å². The van der Waals surface area contributed by atoms with Crippen molar-refractivity contribution >= 4 is 5.82 Å². The summed E-state index contributed by atoms with van der Waals surface area (Å²) in [5.74, 6) is 0.396. The van der Waals surface area contributed by atoms with Gasteiger partial charge in [0.15, 0.2) is 0 Å². The van der Waals surface area contributed by atoms with Crippen LogP contribution in [0, 0.1) is 13.8 Å². The van der Waals surface area contributed by atoms with Crippen molar-refractivity contribution in [1.82, 2.24) is 9.97 Å². The molecular formula is C9H12F3N3. The lowest BCUT2D eigenvalue weighted by molar-refractivity contribution is -0.134. The van der Waals surface area contributed by atoms with Crippen LogP contribution in [-0.2, 0) is 6.42 Å². The van der Waals surface area contributed by atoms with Crippen molar-refractivity contribution < 1.29 is 13.2 Å². The van der Waals surface area contributed by atoms with Crippen LogP contribution in [0.1, 0.15) is 23.5 Å². The molecule has 0 atom stereocenters. The number of rotatable bonds is 2. The molecule has 0 amide bonds. The lowest BCUT2D eigenvalue weighted by Gasteiger charge is -2.08. The van der Waals surface area contributed by atoms with Gasteiger partial charge >= 0.3 is 6.18 Å². The summed E-state index contributed by atoms with van der Waals surface area (Å²) in [4.78, 5) is 7.75. The van der Waals surface area contributed by atoms with E-state index in [0.717, 1.165) is 0 Å². The minimum absolute atomic E-state index is 0.146. The first-order chi connectivity index (χ1) is 6.79. The van der Waals surface area contributed by atoms with Crippen molar-refractivity contribution in [2.24, 2.45) is 0 Å². The van der Waals surface area contributed by atoms with E-state index in [4.69, 9.17) is 5.73 Å². The number of anilines is 1. The first-order valence-electron chi connectivity index (χ1n) is 4.46. The molecule has 0 saturated carbocycles. The van der Waals surface area contributed by atoms with Crippen molar-refractivity contribution in [2.45, 2.75) is 32.9 Å². The average molecular weight is 219 g/mol. The van der Waals surface area contributed by atoms with Crippen LogP contribution in [0.3, 0.4) is 0 Å². The summed E-state index contributed by atoms with van der Waals surface area (Å²) in [5, 5.41) is 0. The number of nitrogens with zero attached hydrogens (tertiary/aromatic N) is 2. The molecule has 15 heavy (non-hydrogen) atoms. The van der Waals surface area contributed by atoms with Gasteiger partial charge in [0.25, 0.3) is 0 Å². The molecule has 0 spiro atoms. The van der Waals surface area contributed by atoms with E-state index in [9.17, 15) is 13.2 Å². The highest BCUT2D eigenvalue weighted by Crippen LogP contribution is 2.21. The SMILES string of the molecule is Cc1nc(CCC(F)(F)F)nc(N)c1C. The van der Waals surface area contributed by atoms with Gasteiger partial charge in [0, 0.05) is 17.7 Å². The lowest BCUT2D eigenvalue weighted by atomic mass is 10.2. The second-order valence-electron chi connectivity index (χ2n) is 3.35. The molecule has 1 heterocycles. The molecule has 0 unspecified atom stereocenters. The fraction of sp³-hybridized carbons (Fsp3) is 0.556. The Bertz CT molecular complexity index is 337. The van der Waals surface area contributed by atoms with Gasteiger partial charge in [-0.05, 0) is 13.8 Å². The maximum Gasteiger partial charge on any atom is 0.389 e. The molecule has 0 saturated heterocycles. The largest absolute Gasteiger partial charge is 0.389 e. The molecule has 0 aliphatic carbocycles. The Hall–Kier alpha value is -1.33. The molecule has 2 N–H and O–H groups in total. The Morgan fingerprint density at radius 1 is 1.20 bits per heavy atom. The molecular weight excluding hydrogens is 207 g/mol. The number of nitrogens with two attached hydrogens (primary N) is 1. The third-order valence-corrected chi connectivity index (χ3v) is 2.11. The van der Waals surface area contributed by atoms with Gasteiger partial charge in [-0.1, -0.05) is 0 Å². The van der Waals surface area contributed by atoms with Crippen molar-refractivity contribution in [3.8, 4) is 0 Å². The second-order valence-corrected chi connectivity index (χ2v) is 3.35. The Morgan fingerprint density at radius 3 is 2.27 bits per heavy atom.